The van der Waals surface area contributed by atoms with Crippen LogP contribution >= 0.6 is 0 Å². The molecule has 3 aromatic rings. The van der Waals surface area contributed by atoms with Gasteiger partial charge in [0.1, 0.15) is 17.3 Å². The van der Waals surface area contributed by atoms with Gasteiger partial charge in [0.25, 0.3) is 0 Å². The molecule has 2 aromatic carbocycles. The zero-order valence-corrected chi connectivity index (χ0v) is 16.2. The fraction of sp³-hybridized carbons (Fsp3) is 0.0952. The number of alkyl halides is 3. The molecule has 0 unspecified atom stereocenters. The number of carbonyl (C=O) groups excluding carboxylic acids is 2. The molecule has 0 atom stereocenters. The molecule has 0 saturated heterocycles. The predicted molar refractivity (Wildman–Crippen MR) is 109 cm³/mol. The van der Waals surface area contributed by atoms with E-state index >= 15 is 0 Å². The average molecular weight is 430 g/mol. The Labute approximate surface area is 175 Å². The number of hydrogen-bond donors (Lipinski definition) is 3. The van der Waals surface area contributed by atoms with Gasteiger partial charge < -0.3 is 20.7 Å². The van der Waals surface area contributed by atoms with Gasteiger partial charge in [-0.25, -0.2) is 9.78 Å². The van der Waals surface area contributed by atoms with Crippen molar-refractivity contribution in [2.24, 2.45) is 0 Å². The van der Waals surface area contributed by atoms with Crippen LogP contribution in [-0.2, 0) is 11.0 Å². The summed E-state index contributed by atoms with van der Waals surface area (Å²) in [5.41, 5.74) is -0.435. The summed E-state index contributed by atoms with van der Waals surface area (Å²) in [5, 5.41) is 7.43. The van der Waals surface area contributed by atoms with Gasteiger partial charge in [-0.15, -0.1) is 0 Å². The van der Waals surface area contributed by atoms with Crippen LogP contribution in [0.4, 0.5) is 35.2 Å². The molecule has 0 fully saturated rings. The first-order valence-corrected chi connectivity index (χ1v) is 8.96. The number of pyridine rings is 1. The summed E-state index contributed by atoms with van der Waals surface area (Å²) in [6, 6.07) is 13.1. The Morgan fingerprint density at radius 2 is 1.58 bits per heavy atom. The second-order valence-electron chi connectivity index (χ2n) is 6.34. The first kappa shape index (κ1) is 21.6. The van der Waals surface area contributed by atoms with E-state index in [0.717, 1.165) is 12.1 Å². The van der Waals surface area contributed by atoms with Crippen LogP contribution in [0.1, 0.15) is 12.5 Å². The molecular weight excluding hydrogens is 413 g/mol. The Morgan fingerprint density at radius 1 is 0.871 bits per heavy atom. The molecule has 3 rings (SSSR count). The maximum absolute atomic E-state index is 12.8. The third kappa shape index (κ3) is 6.46. The molecule has 1 aromatic heterocycles. The van der Waals surface area contributed by atoms with E-state index in [1.807, 2.05) is 0 Å². The van der Waals surface area contributed by atoms with E-state index in [9.17, 15) is 22.8 Å². The summed E-state index contributed by atoms with van der Waals surface area (Å²) < 4.78 is 44.0. The summed E-state index contributed by atoms with van der Waals surface area (Å²) in [6.45, 7) is 1.37. The Kier molecular flexibility index (Phi) is 6.39. The maximum Gasteiger partial charge on any atom is 0.416 e. The minimum atomic E-state index is -4.50. The number of nitrogens with zero attached hydrogens (tertiary/aromatic N) is 1. The van der Waals surface area contributed by atoms with Gasteiger partial charge in [0.2, 0.25) is 5.91 Å². The van der Waals surface area contributed by atoms with Crippen LogP contribution in [0.5, 0.6) is 11.5 Å². The van der Waals surface area contributed by atoms with Crippen molar-refractivity contribution >= 4 is 29.1 Å². The van der Waals surface area contributed by atoms with Crippen LogP contribution in [-0.4, -0.2) is 16.9 Å². The van der Waals surface area contributed by atoms with Gasteiger partial charge in [-0.1, -0.05) is 6.07 Å². The molecule has 3 N–H and O–H groups in total. The number of halogens is 3. The van der Waals surface area contributed by atoms with E-state index in [1.54, 1.807) is 36.4 Å². The highest BCUT2D eigenvalue weighted by Crippen LogP contribution is 2.30. The van der Waals surface area contributed by atoms with Gasteiger partial charge in [-0.3, -0.25) is 4.79 Å². The number of amides is 3. The standard InChI is InChI=1S/C21H17F3N4O3/c1-13(29)26-19-12-18(9-10-25-19)31-17-7-5-15(6-8-17)27-20(30)28-16-4-2-3-14(11-16)21(22,23)24/h2-12H,1H3,(H,25,26,29)(H2,27,28,30). The average Bonchev–Trinajstić information content (AvgIpc) is 2.69. The molecule has 0 aliphatic carbocycles. The van der Waals surface area contributed by atoms with Crippen LogP contribution in [0.25, 0.3) is 0 Å². The van der Waals surface area contributed by atoms with Gasteiger partial charge in [0.15, 0.2) is 0 Å². The largest absolute Gasteiger partial charge is 0.457 e. The van der Waals surface area contributed by atoms with Crippen LogP contribution < -0.4 is 20.7 Å². The van der Waals surface area contributed by atoms with E-state index < -0.39 is 17.8 Å². The molecule has 160 valence electrons. The molecule has 1 heterocycles. The fourth-order valence-corrected chi connectivity index (χ4v) is 2.53. The molecule has 31 heavy (non-hydrogen) atoms. The SMILES string of the molecule is CC(=O)Nc1cc(Oc2ccc(NC(=O)Nc3cccc(C(F)(F)F)c3)cc2)ccn1. The van der Waals surface area contributed by atoms with Crippen LogP contribution in [0, 0.1) is 0 Å². The monoisotopic (exact) mass is 430 g/mol. The van der Waals surface area contributed by atoms with E-state index in [4.69, 9.17) is 4.74 Å². The first-order valence-electron chi connectivity index (χ1n) is 8.96. The number of rotatable bonds is 5. The van der Waals surface area contributed by atoms with Crippen molar-refractivity contribution in [3.05, 3.63) is 72.4 Å². The third-order valence-electron chi connectivity index (χ3n) is 3.83. The molecule has 3 amide bonds. The van der Waals surface area contributed by atoms with Crippen LogP contribution in [0.2, 0.25) is 0 Å². The van der Waals surface area contributed by atoms with E-state index in [1.165, 1.54) is 25.3 Å². The molecule has 0 aliphatic rings. The second kappa shape index (κ2) is 9.16. The summed E-state index contributed by atoms with van der Waals surface area (Å²) in [6.07, 6.45) is -3.02. The Balaban J connectivity index is 1.59. The molecule has 0 spiro atoms. The van der Waals surface area contributed by atoms with Gasteiger partial charge in [-0.05, 0) is 48.5 Å². The lowest BCUT2D eigenvalue weighted by atomic mass is 10.2. The second-order valence-corrected chi connectivity index (χ2v) is 6.34. The minimum Gasteiger partial charge on any atom is -0.457 e. The number of carbonyl (C=O) groups is 2. The van der Waals surface area contributed by atoms with Crippen molar-refractivity contribution in [2.45, 2.75) is 13.1 Å². The van der Waals surface area contributed by atoms with Gasteiger partial charge in [-0.2, -0.15) is 13.2 Å². The molecule has 7 nitrogen and oxygen atoms in total. The summed E-state index contributed by atoms with van der Waals surface area (Å²) in [4.78, 5) is 27.2. The minimum absolute atomic E-state index is 0.0138. The number of anilines is 3. The molecule has 0 bridgehead atoms. The fourth-order valence-electron chi connectivity index (χ4n) is 2.53. The van der Waals surface area contributed by atoms with Crippen molar-refractivity contribution in [1.29, 1.82) is 0 Å². The lowest BCUT2D eigenvalue weighted by Gasteiger charge is -2.11. The lowest BCUT2D eigenvalue weighted by Crippen LogP contribution is -2.19. The number of ether oxygens (including phenoxy) is 1. The van der Waals surface area contributed by atoms with E-state index in [2.05, 4.69) is 20.9 Å². The van der Waals surface area contributed by atoms with Gasteiger partial charge in [0, 0.05) is 30.6 Å². The highest BCUT2D eigenvalue weighted by Gasteiger charge is 2.30. The van der Waals surface area contributed by atoms with Gasteiger partial charge in [0.05, 0.1) is 5.56 Å². The third-order valence-corrected chi connectivity index (χ3v) is 3.83. The molecule has 0 saturated carbocycles. The summed E-state index contributed by atoms with van der Waals surface area (Å²) in [7, 11) is 0. The highest BCUT2D eigenvalue weighted by atomic mass is 19.4. The summed E-state index contributed by atoms with van der Waals surface area (Å²) in [5.74, 6) is 0.989. The Morgan fingerprint density at radius 3 is 2.26 bits per heavy atom. The first-order chi connectivity index (χ1) is 14.7. The van der Waals surface area contributed by atoms with E-state index in [0.29, 0.717) is 23.0 Å². The quantitative estimate of drug-likeness (QED) is 0.499. The highest BCUT2D eigenvalue weighted by molar-refractivity contribution is 5.99. The van der Waals surface area contributed by atoms with Crippen LogP contribution in [0.15, 0.2) is 66.9 Å². The van der Waals surface area contributed by atoms with Crippen LogP contribution in [0.3, 0.4) is 0 Å². The zero-order chi connectivity index (χ0) is 22.4. The van der Waals surface area contributed by atoms with Crippen molar-refractivity contribution in [1.82, 2.24) is 4.98 Å². The number of nitrogens with one attached hydrogen (secondary N) is 3. The number of urea groups is 1. The topological polar surface area (TPSA) is 92.4 Å². The van der Waals surface area contributed by atoms with Crippen molar-refractivity contribution in [3.8, 4) is 11.5 Å². The lowest BCUT2D eigenvalue weighted by molar-refractivity contribution is -0.137. The molecule has 10 heteroatoms. The molecule has 0 radical (unpaired) electrons. The normalized spacial score (nSPS) is 10.8. The Hall–Kier alpha value is -4.08. The number of aromatic nitrogens is 1. The van der Waals surface area contributed by atoms with Gasteiger partial charge >= 0.3 is 12.2 Å². The van der Waals surface area contributed by atoms with Crippen molar-refractivity contribution in [3.63, 3.8) is 0 Å². The zero-order valence-electron chi connectivity index (χ0n) is 16.2. The van der Waals surface area contributed by atoms with Crippen molar-refractivity contribution < 1.29 is 27.5 Å². The summed E-state index contributed by atoms with van der Waals surface area (Å²) >= 11 is 0. The molecular formula is C21H17F3N4O3. The number of benzene rings is 2. The van der Waals surface area contributed by atoms with E-state index in [-0.39, 0.29) is 11.6 Å². The smallest absolute Gasteiger partial charge is 0.416 e. The predicted octanol–water partition coefficient (Wildman–Crippen LogP) is 5.50. The Bertz CT molecular complexity index is 1090. The van der Waals surface area contributed by atoms with Crippen molar-refractivity contribution in [2.75, 3.05) is 16.0 Å². The molecule has 0 aliphatic heterocycles. The maximum atomic E-state index is 12.8. The number of hydrogen-bond acceptors (Lipinski definition) is 4.